The summed E-state index contributed by atoms with van der Waals surface area (Å²) in [6.45, 7) is 7.68. The van der Waals surface area contributed by atoms with Gasteiger partial charge in [-0.25, -0.2) is 0 Å². The molecule has 1 aromatic heterocycles. The van der Waals surface area contributed by atoms with E-state index < -0.39 is 0 Å². The highest BCUT2D eigenvalue weighted by Crippen LogP contribution is 2.29. The zero-order valence-electron chi connectivity index (χ0n) is 10.8. The topological polar surface area (TPSA) is 60.2 Å². The molecule has 0 bridgehead atoms. The average Bonchev–Trinajstić information content (AvgIpc) is 2.80. The molecule has 2 atom stereocenters. The number of rotatable bonds is 4. The molecule has 2 heterocycles. The van der Waals surface area contributed by atoms with Crippen molar-refractivity contribution in [3.05, 3.63) is 11.7 Å². The van der Waals surface area contributed by atoms with Gasteiger partial charge in [-0.15, -0.1) is 0 Å². The van der Waals surface area contributed by atoms with Crippen LogP contribution < -0.4 is 5.32 Å². The molecule has 0 aromatic carbocycles. The molecule has 0 radical (unpaired) electrons. The van der Waals surface area contributed by atoms with Crippen LogP contribution in [0.5, 0.6) is 0 Å². The maximum atomic E-state index is 5.46. The lowest BCUT2D eigenvalue weighted by Crippen LogP contribution is -2.43. The fourth-order valence-corrected chi connectivity index (χ4v) is 2.19. The van der Waals surface area contributed by atoms with Gasteiger partial charge in [-0.1, -0.05) is 5.16 Å². The van der Waals surface area contributed by atoms with Gasteiger partial charge in [0.15, 0.2) is 5.82 Å². The number of aromatic nitrogens is 2. The van der Waals surface area contributed by atoms with Crippen LogP contribution in [0.4, 0.5) is 0 Å². The van der Waals surface area contributed by atoms with Crippen LogP contribution in [-0.2, 0) is 10.3 Å². The van der Waals surface area contributed by atoms with E-state index in [2.05, 4.69) is 22.4 Å². The lowest BCUT2D eigenvalue weighted by Gasteiger charge is -2.31. The highest BCUT2D eigenvalue weighted by Gasteiger charge is 2.34. The molecule has 0 saturated carbocycles. The van der Waals surface area contributed by atoms with Gasteiger partial charge in [-0.3, -0.25) is 0 Å². The monoisotopic (exact) mass is 239 g/mol. The number of nitrogens with one attached hydrogen (secondary N) is 1. The smallest absolute Gasteiger partial charge is 0.246 e. The Morgan fingerprint density at radius 2 is 2.35 bits per heavy atom. The number of hydrogen-bond acceptors (Lipinski definition) is 5. The summed E-state index contributed by atoms with van der Waals surface area (Å²) in [4.78, 5) is 4.46. The van der Waals surface area contributed by atoms with Crippen LogP contribution in [0, 0.1) is 0 Å². The second kappa shape index (κ2) is 5.14. The predicted molar refractivity (Wildman–Crippen MR) is 63.5 cm³/mol. The summed E-state index contributed by atoms with van der Waals surface area (Å²) in [5, 5.41) is 7.46. The first-order chi connectivity index (χ1) is 8.15. The van der Waals surface area contributed by atoms with Crippen LogP contribution in [0.3, 0.4) is 0 Å². The molecule has 1 aliphatic rings. The number of nitrogens with zero attached hydrogens (tertiary/aromatic N) is 2. The number of piperidine rings is 1. The van der Waals surface area contributed by atoms with Gasteiger partial charge in [0.1, 0.15) is 6.10 Å². The van der Waals surface area contributed by atoms with Crippen molar-refractivity contribution in [2.75, 3.05) is 13.2 Å². The van der Waals surface area contributed by atoms with E-state index in [1.54, 1.807) is 0 Å². The summed E-state index contributed by atoms with van der Waals surface area (Å²) in [6.07, 6.45) is 3.34. The first kappa shape index (κ1) is 12.5. The Kier molecular flexibility index (Phi) is 3.79. The summed E-state index contributed by atoms with van der Waals surface area (Å²) in [5.41, 5.74) is -0.171. The van der Waals surface area contributed by atoms with E-state index >= 15 is 0 Å². The fourth-order valence-electron chi connectivity index (χ4n) is 2.19. The maximum Gasteiger partial charge on any atom is 0.246 e. The summed E-state index contributed by atoms with van der Waals surface area (Å²) >= 11 is 0. The van der Waals surface area contributed by atoms with Gasteiger partial charge >= 0.3 is 0 Å². The Hall–Kier alpha value is -0.940. The zero-order chi connectivity index (χ0) is 12.3. The van der Waals surface area contributed by atoms with Crippen molar-refractivity contribution < 1.29 is 9.26 Å². The maximum absolute atomic E-state index is 5.46. The number of hydrogen-bond donors (Lipinski definition) is 1. The van der Waals surface area contributed by atoms with Crippen LogP contribution in [0.25, 0.3) is 0 Å². The largest absolute Gasteiger partial charge is 0.371 e. The SMILES string of the molecule is CCOC(C)c1noc(C2(C)CCCCN2)n1. The molecule has 2 unspecified atom stereocenters. The van der Waals surface area contributed by atoms with Crippen LogP contribution in [-0.4, -0.2) is 23.3 Å². The summed E-state index contributed by atoms with van der Waals surface area (Å²) < 4.78 is 10.8. The van der Waals surface area contributed by atoms with E-state index in [0.717, 1.165) is 13.0 Å². The standard InChI is InChI=1S/C12H21N3O2/c1-4-16-9(2)10-14-11(17-15-10)12(3)7-5-6-8-13-12/h9,13H,4-8H2,1-3H3. The molecule has 5 nitrogen and oxygen atoms in total. The second-order valence-electron chi connectivity index (χ2n) is 4.77. The number of ether oxygens (including phenoxy) is 1. The van der Waals surface area contributed by atoms with E-state index in [-0.39, 0.29) is 11.6 Å². The van der Waals surface area contributed by atoms with Gasteiger partial charge in [0, 0.05) is 6.61 Å². The van der Waals surface area contributed by atoms with Crippen molar-refractivity contribution in [3.63, 3.8) is 0 Å². The average molecular weight is 239 g/mol. The van der Waals surface area contributed by atoms with Crippen LogP contribution in [0.15, 0.2) is 4.52 Å². The summed E-state index contributed by atoms with van der Waals surface area (Å²) in [7, 11) is 0. The first-order valence-corrected chi connectivity index (χ1v) is 6.36. The van der Waals surface area contributed by atoms with Gasteiger partial charge in [-0.05, 0) is 46.6 Å². The zero-order valence-corrected chi connectivity index (χ0v) is 10.8. The van der Waals surface area contributed by atoms with E-state index in [4.69, 9.17) is 9.26 Å². The lowest BCUT2D eigenvalue weighted by atomic mass is 9.91. The highest BCUT2D eigenvalue weighted by atomic mass is 16.5. The lowest BCUT2D eigenvalue weighted by molar-refractivity contribution is 0.0683. The van der Waals surface area contributed by atoms with Crippen molar-refractivity contribution in [1.82, 2.24) is 15.5 Å². The van der Waals surface area contributed by atoms with Gasteiger partial charge in [0.05, 0.1) is 5.54 Å². The van der Waals surface area contributed by atoms with Crippen LogP contribution in [0.1, 0.15) is 57.9 Å². The molecule has 1 fully saturated rings. The molecule has 1 N–H and O–H groups in total. The Bertz CT molecular complexity index is 358. The minimum atomic E-state index is -0.171. The third kappa shape index (κ3) is 2.66. The molecular weight excluding hydrogens is 218 g/mol. The normalized spacial score (nSPS) is 27.0. The van der Waals surface area contributed by atoms with E-state index in [9.17, 15) is 0 Å². The third-order valence-electron chi connectivity index (χ3n) is 3.31. The predicted octanol–water partition coefficient (Wildman–Crippen LogP) is 2.16. The summed E-state index contributed by atoms with van der Waals surface area (Å²) in [5.74, 6) is 1.31. The summed E-state index contributed by atoms with van der Waals surface area (Å²) in [6, 6.07) is 0. The van der Waals surface area contributed by atoms with Gasteiger partial charge in [0.25, 0.3) is 0 Å². The van der Waals surface area contributed by atoms with Crippen molar-refractivity contribution in [3.8, 4) is 0 Å². The van der Waals surface area contributed by atoms with E-state index in [1.165, 1.54) is 12.8 Å². The molecule has 0 spiro atoms. The molecular formula is C12H21N3O2. The van der Waals surface area contributed by atoms with Crippen LogP contribution in [0.2, 0.25) is 0 Å². The molecule has 1 aliphatic heterocycles. The minimum Gasteiger partial charge on any atom is -0.371 e. The van der Waals surface area contributed by atoms with Crippen molar-refractivity contribution in [1.29, 1.82) is 0 Å². The molecule has 5 heteroatoms. The van der Waals surface area contributed by atoms with Crippen molar-refractivity contribution in [2.24, 2.45) is 0 Å². The van der Waals surface area contributed by atoms with Gasteiger partial charge in [-0.2, -0.15) is 4.98 Å². The van der Waals surface area contributed by atoms with Crippen molar-refractivity contribution in [2.45, 2.75) is 51.7 Å². The molecule has 2 rings (SSSR count). The van der Waals surface area contributed by atoms with Gasteiger partial charge < -0.3 is 14.6 Å². The minimum absolute atomic E-state index is 0.107. The molecule has 96 valence electrons. The molecule has 0 aliphatic carbocycles. The molecule has 17 heavy (non-hydrogen) atoms. The van der Waals surface area contributed by atoms with E-state index in [1.807, 2.05) is 13.8 Å². The van der Waals surface area contributed by atoms with E-state index in [0.29, 0.717) is 18.3 Å². The Morgan fingerprint density at radius 1 is 1.53 bits per heavy atom. The third-order valence-corrected chi connectivity index (χ3v) is 3.31. The molecule has 0 amide bonds. The second-order valence-corrected chi connectivity index (χ2v) is 4.77. The highest BCUT2D eigenvalue weighted by molar-refractivity contribution is 5.04. The Balaban J connectivity index is 2.11. The Labute approximate surface area is 102 Å². The van der Waals surface area contributed by atoms with Crippen LogP contribution >= 0.6 is 0 Å². The fraction of sp³-hybridized carbons (Fsp3) is 0.833. The Morgan fingerprint density at radius 3 is 3.00 bits per heavy atom. The van der Waals surface area contributed by atoms with Gasteiger partial charge in [0.2, 0.25) is 5.89 Å². The molecule has 1 aromatic rings. The quantitative estimate of drug-likeness (QED) is 0.872. The first-order valence-electron chi connectivity index (χ1n) is 6.36. The van der Waals surface area contributed by atoms with Crippen molar-refractivity contribution >= 4 is 0 Å². The molecule has 1 saturated heterocycles.